The van der Waals surface area contributed by atoms with Crippen LogP contribution in [0.4, 0.5) is 0 Å². The monoisotopic (exact) mass is 489 g/mol. The Morgan fingerprint density at radius 1 is 1.21 bits per heavy atom. The number of nitriles is 1. The van der Waals surface area contributed by atoms with Gasteiger partial charge in [-0.3, -0.25) is 0 Å². The second-order valence-electron chi connectivity index (χ2n) is 5.83. The highest BCUT2D eigenvalue weighted by Gasteiger charge is 2.13. The van der Waals surface area contributed by atoms with E-state index in [9.17, 15) is 5.26 Å². The number of halogens is 1. The normalized spacial score (nSPS) is 11.3. The number of nitrogens with one attached hydrogen (secondary N) is 1. The van der Waals surface area contributed by atoms with E-state index in [1.54, 1.807) is 13.2 Å². The Labute approximate surface area is 177 Å². The maximum Gasteiger partial charge on any atom is 0.174 e. The molecule has 0 atom stereocenters. The lowest BCUT2D eigenvalue weighted by molar-refractivity contribution is 0.286. The van der Waals surface area contributed by atoms with Crippen molar-refractivity contribution in [3.8, 4) is 23.3 Å². The molecule has 1 heterocycles. The summed E-state index contributed by atoms with van der Waals surface area (Å²) in [5.41, 5.74) is 2.85. The van der Waals surface area contributed by atoms with Crippen molar-refractivity contribution in [3.05, 3.63) is 45.3 Å². The largest absolute Gasteiger partial charge is 0.497 e. The number of ether oxygens (including phenoxy) is 3. The number of rotatable bonds is 7. The fraction of sp³-hybridized carbons (Fsp3) is 0.238. The number of aromatic amines is 1. The van der Waals surface area contributed by atoms with Crippen molar-refractivity contribution < 1.29 is 14.2 Å². The van der Waals surface area contributed by atoms with Crippen LogP contribution in [0.15, 0.2) is 30.3 Å². The number of nitrogens with zero attached hydrogens (tertiary/aromatic N) is 2. The summed E-state index contributed by atoms with van der Waals surface area (Å²) in [5, 5.41) is 9.69. The number of hydrogen-bond acceptors (Lipinski definition) is 5. The third-order valence-corrected chi connectivity index (χ3v) is 4.80. The third kappa shape index (κ3) is 4.22. The number of allylic oxidation sites excluding steroid dienone is 1. The second-order valence-corrected chi connectivity index (χ2v) is 7.00. The Balaban J connectivity index is 2.04. The first-order chi connectivity index (χ1) is 13.6. The molecule has 0 saturated carbocycles. The lowest BCUT2D eigenvalue weighted by Crippen LogP contribution is -2.01. The predicted octanol–water partition coefficient (Wildman–Crippen LogP) is 5.04. The third-order valence-electron chi connectivity index (χ3n) is 4.00. The number of H-pyrrole nitrogens is 1. The van der Waals surface area contributed by atoms with E-state index in [1.807, 2.05) is 44.2 Å². The van der Waals surface area contributed by atoms with Crippen molar-refractivity contribution in [1.29, 1.82) is 5.26 Å². The maximum atomic E-state index is 9.69. The molecule has 0 aliphatic carbocycles. The van der Waals surface area contributed by atoms with E-state index in [-0.39, 0.29) is 0 Å². The van der Waals surface area contributed by atoms with Gasteiger partial charge in [0.15, 0.2) is 11.5 Å². The van der Waals surface area contributed by atoms with Gasteiger partial charge in [-0.2, -0.15) is 5.26 Å². The molecule has 0 aliphatic heterocycles. The number of methoxy groups -OCH3 is 1. The Bertz CT molecular complexity index is 1070. The molecule has 3 rings (SSSR count). The van der Waals surface area contributed by atoms with Crippen LogP contribution < -0.4 is 14.2 Å². The highest BCUT2D eigenvalue weighted by Crippen LogP contribution is 2.35. The van der Waals surface area contributed by atoms with Gasteiger partial charge in [0.1, 0.15) is 17.6 Å². The summed E-state index contributed by atoms with van der Waals surface area (Å²) in [6, 6.07) is 11.6. The zero-order valence-corrected chi connectivity index (χ0v) is 18.0. The molecule has 0 aliphatic rings. The van der Waals surface area contributed by atoms with Gasteiger partial charge >= 0.3 is 0 Å². The fourth-order valence-corrected chi connectivity index (χ4v) is 3.56. The predicted molar refractivity (Wildman–Crippen MR) is 118 cm³/mol. The molecule has 2 aromatic carbocycles. The number of hydrogen-bond donors (Lipinski definition) is 1. The first-order valence-corrected chi connectivity index (χ1v) is 9.92. The minimum atomic E-state index is 0.428. The van der Waals surface area contributed by atoms with Gasteiger partial charge in [0, 0.05) is 6.07 Å². The van der Waals surface area contributed by atoms with Crippen molar-refractivity contribution in [2.75, 3.05) is 20.3 Å². The molecular formula is C21H20IN3O3. The van der Waals surface area contributed by atoms with Crippen LogP contribution in [0.3, 0.4) is 0 Å². The van der Waals surface area contributed by atoms with Gasteiger partial charge in [0.2, 0.25) is 0 Å². The lowest BCUT2D eigenvalue weighted by atomic mass is 10.1. The van der Waals surface area contributed by atoms with Gasteiger partial charge in [0.25, 0.3) is 0 Å². The molecule has 144 valence electrons. The highest BCUT2D eigenvalue weighted by atomic mass is 127. The second kappa shape index (κ2) is 8.97. The van der Waals surface area contributed by atoms with Gasteiger partial charge in [0.05, 0.1) is 40.5 Å². The topological polar surface area (TPSA) is 80.2 Å². The molecule has 0 spiro atoms. The summed E-state index contributed by atoms with van der Waals surface area (Å²) in [5.74, 6) is 2.62. The molecular weight excluding hydrogens is 469 g/mol. The summed E-state index contributed by atoms with van der Waals surface area (Å²) in [6.07, 6.45) is 1.79. The van der Waals surface area contributed by atoms with Crippen LogP contribution in [-0.4, -0.2) is 30.3 Å². The molecule has 0 bridgehead atoms. The molecule has 6 nitrogen and oxygen atoms in total. The quantitative estimate of drug-likeness (QED) is 0.372. The average Bonchev–Trinajstić information content (AvgIpc) is 3.11. The summed E-state index contributed by atoms with van der Waals surface area (Å²) in [4.78, 5) is 7.71. The summed E-state index contributed by atoms with van der Waals surface area (Å²) in [6.45, 7) is 4.94. The van der Waals surface area contributed by atoms with Crippen LogP contribution in [0.1, 0.15) is 25.2 Å². The lowest BCUT2D eigenvalue weighted by Gasteiger charge is -2.13. The van der Waals surface area contributed by atoms with E-state index in [1.165, 1.54) is 0 Å². The van der Waals surface area contributed by atoms with E-state index < -0.39 is 0 Å². The van der Waals surface area contributed by atoms with Crippen molar-refractivity contribution >= 4 is 45.3 Å². The van der Waals surface area contributed by atoms with Crippen LogP contribution in [-0.2, 0) is 0 Å². The van der Waals surface area contributed by atoms with Crippen molar-refractivity contribution in [3.63, 3.8) is 0 Å². The minimum Gasteiger partial charge on any atom is -0.497 e. The molecule has 1 aromatic heterocycles. The van der Waals surface area contributed by atoms with E-state index in [0.29, 0.717) is 30.4 Å². The standard InChI is InChI=1S/C21H20IN3O3/c1-4-27-19-10-13(9-16(22)20(19)28-5-2)8-14(12-23)21-24-17-7-6-15(26-3)11-18(17)25-21/h6-11H,4-5H2,1-3H3,(H,24,25)/b14-8+. The van der Waals surface area contributed by atoms with E-state index in [4.69, 9.17) is 14.2 Å². The van der Waals surface area contributed by atoms with Crippen molar-refractivity contribution in [2.45, 2.75) is 13.8 Å². The smallest absolute Gasteiger partial charge is 0.174 e. The van der Waals surface area contributed by atoms with E-state index in [2.05, 4.69) is 38.6 Å². The van der Waals surface area contributed by atoms with Crippen LogP contribution in [0.25, 0.3) is 22.7 Å². The Hall–Kier alpha value is -2.73. The Morgan fingerprint density at radius 2 is 2.00 bits per heavy atom. The highest BCUT2D eigenvalue weighted by molar-refractivity contribution is 14.1. The number of aromatic nitrogens is 2. The van der Waals surface area contributed by atoms with Crippen molar-refractivity contribution in [1.82, 2.24) is 9.97 Å². The van der Waals surface area contributed by atoms with Crippen molar-refractivity contribution in [2.24, 2.45) is 0 Å². The van der Waals surface area contributed by atoms with Gasteiger partial charge in [-0.25, -0.2) is 4.98 Å². The van der Waals surface area contributed by atoms with Gasteiger partial charge < -0.3 is 19.2 Å². The number of fused-ring (bicyclic) bond motifs is 1. The molecule has 28 heavy (non-hydrogen) atoms. The Morgan fingerprint density at radius 3 is 2.68 bits per heavy atom. The molecule has 0 radical (unpaired) electrons. The van der Waals surface area contributed by atoms with Crippen LogP contribution in [0, 0.1) is 14.9 Å². The first kappa shape index (κ1) is 20.0. The minimum absolute atomic E-state index is 0.428. The van der Waals surface area contributed by atoms with Crippen LogP contribution in [0.5, 0.6) is 17.2 Å². The SMILES string of the molecule is CCOc1cc(/C=C(\C#N)c2nc3ccc(OC)cc3[nH]2)cc(I)c1OCC. The van der Waals surface area contributed by atoms with Crippen LogP contribution >= 0.6 is 22.6 Å². The molecule has 0 amide bonds. The summed E-state index contributed by atoms with van der Waals surface area (Å²) in [7, 11) is 1.61. The maximum absolute atomic E-state index is 9.69. The molecule has 7 heteroatoms. The summed E-state index contributed by atoms with van der Waals surface area (Å²) >= 11 is 2.21. The average molecular weight is 489 g/mol. The fourth-order valence-electron chi connectivity index (χ4n) is 2.78. The first-order valence-electron chi connectivity index (χ1n) is 8.84. The number of benzene rings is 2. The Kier molecular flexibility index (Phi) is 6.41. The molecule has 3 aromatic rings. The van der Waals surface area contributed by atoms with E-state index >= 15 is 0 Å². The van der Waals surface area contributed by atoms with Crippen LogP contribution in [0.2, 0.25) is 0 Å². The number of imidazole rings is 1. The molecule has 0 saturated heterocycles. The molecule has 0 fully saturated rings. The van der Waals surface area contributed by atoms with Gasteiger partial charge in [-0.1, -0.05) is 0 Å². The zero-order chi connectivity index (χ0) is 20.1. The molecule has 1 N–H and O–H groups in total. The zero-order valence-electron chi connectivity index (χ0n) is 15.9. The van der Waals surface area contributed by atoms with E-state index in [0.717, 1.165) is 31.7 Å². The van der Waals surface area contributed by atoms with Gasteiger partial charge in [-0.15, -0.1) is 0 Å². The summed E-state index contributed by atoms with van der Waals surface area (Å²) < 4.78 is 17.6. The molecule has 0 unspecified atom stereocenters. The van der Waals surface area contributed by atoms with Gasteiger partial charge in [-0.05, 0) is 72.3 Å².